The Morgan fingerprint density at radius 2 is 1.75 bits per heavy atom. The fourth-order valence-electron chi connectivity index (χ4n) is 2.03. The Bertz CT molecular complexity index is 572. The zero-order valence-electron chi connectivity index (χ0n) is 10.9. The van der Waals surface area contributed by atoms with E-state index in [9.17, 15) is 15.2 Å². The molecule has 0 heterocycles. The van der Waals surface area contributed by atoms with Gasteiger partial charge < -0.3 is 10.4 Å². The van der Waals surface area contributed by atoms with Gasteiger partial charge in [0, 0.05) is 6.07 Å². The minimum Gasteiger partial charge on any atom is -0.394 e. The molecule has 2 aromatic rings. The number of rotatable bonds is 6. The van der Waals surface area contributed by atoms with Gasteiger partial charge in [0.2, 0.25) is 0 Å². The first-order valence-electron chi connectivity index (χ1n) is 6.35. The lowest BCUT2D eigenvalue weighted by molar-refractivity contribution is -0.384. The maximum absolute atomic E-state index is 11.0. The summed E-state index contributed by atoms with van der Waals surface area (Å²) < 4.78 is 0. The quantitative estimate of drug-likeness (QED) is 0.626. The van der Waals surface area contributed by atoms with E-state index >= 15 is 0 Å². The average molecular weight is 272 g/mol. The topological polar surface area (TPSA) is 75.4 Å². The van der Waals surface area contributed by atoms with Crippen molar-refractivity contribution in [2.75, 3.05) is 11.9 Å². The SMILES string of the molecule is O=[N+]([O-])c1ccccc1NC(CO)Cc1ccccc1. The molecule has 0 radical (unpaired) electrons. The molecule has 1 unspecified atom stereocenters. The van der Waals surface area contributed by atoms with Crippen molar-refractivity contribution in [3.8, 4) is 0 Å². The second-order valence-corrected chi connectivity index (χ2v) is 4.49. The third-order valence-corrected chi connectivity index (χ3v) is 3.01. The number of hydrogen-bond donors (Lipinski definition) is 2. The van der Waals surface area contributed by atoms with Gasteiger partial charge in [-0.05, 0) is 18.1 Å². The number of aliphatic hydroxyl groups is 1. The van der Waals surface area contributed by atoms with Gasteiger partial charge in [-0.25, -0.2) is 0 Å². The molecule has 1 atom stereocenters. The number of para-hydroxylation sites is 2. The van der Waals surface area contributed by atoms with Crippen molar-refractivity contribution in [3.05, 3.63) is 70.3 Å². The van der Waals surface area contributed by atoms with Crippen LogP contribution in [-0.2, 0) is 6.42 Å². The van der Waals surface area contributed by atoms with Crippen LogP contribution in [0, 0.1) is 10.1 Å². The maximum atomic E-state index is 11.0. The number of hydrogen-bond acceptors (Lipinski definition) is 4. The first-order chi connectivity index (χ1) is 9.70. The fraction of sp³-hybridized carbons (Fsp3) is 0.200. The van der Waals surface area contributed by atoms with E-state index < -0.39 is 4.92 Å². The molecule has 5 heteroatoms. The van der Waals surface area contributed by atoms with Crippen LogP contribution < -0.4 is 5.32 Å². The molecule has 0 amide bonds. The number of nitrogens with one attached hydrogen (secondary N) is 1. The van der Waals surface area contributed by atoms with Crippen LogP contribution in [-0.4, -0.2) is 22.7 Å². The van der Waals surface area contributed by atoms with Gasteiger partial charge in [0.25, 0.3) is 5.69 Å². The Morgan fingerprint density at radius 1 is 1.10 bits per heavy atom. The second kappa shape index (κ2) is 6.68. The average Bonchev–Trinajstić information content (AvgIpc) is 2.48. The van der Waals surface area contributed by atoms with Gasteiger partial charge in [0.15, 0.2) is 0 Å². The van der Waals surface area contributed by atoms with Crippen LogP contribution in [0.3, 0.4) is 0 Å². The van der Waals surface area contributed by atoms with Crippen LogP contribution >= 0.6 is 0 Å². The van der Waals surface area contributed by atoms with Crippen LogP contribution in [0.1, 0.15) is 5.56 Å². The molecule has 2 aromatic carbocycles. The molecule has 2 rings (SSSR count). The van der Waals surface area contributed by atoms with Crippen molar-refractivity contribution >= 4 is 11.4 Å². The summed E-state index contributed by atoms with van der Waals surface area (Å²) in [6.07, 6.45) is 0.601. The second-order valence-electron chi connectivity index (χ2n) is 4.49. The summed E-state index contributed by atoms with van der Waals surface area (Å²) >= 11 is 0. The van der Waals surface area contributed by atoms with Gasteiger partial charge in [-0.15, -0.1) is 0 Å². The van der Waals surface area contributed by atoms with Gasteiger partial charge in [-0.3, -0.25) is 10.1 Å². The number of anilines is 1. The van der Waals surface area contributed by atoms with E-state index in [4.69, 9.17) is 0 Å². The van der Waals surface area contributed by atoms with E-state index in [0.717, 1.165) is 5.56 Å². The van der Waals surface area contributed by atoms with E-state index in [0.29, 0.717) is 12.1 Å². The Morgan fingerprint density at radius 3 is 2.40 bits per heavy atom. The fourth-order valence-corrected chi connectivity index (χ4v) is 2.03. The molecular formula is C15H16N2O3. The van der Waals surface area contributed by atoms with Gasteiger partial charge in [0.1, 0.15) is 5.69 Å². The largest absolute Gasteiger partial charge is 0.394 e. The van der Waals surface area contributed by atoms with Gasteiger partial charge in [-0.1, -0.05) is 42.5 Å². The summed E-state index contributed by atoms with van der Waals surface area (Å²) in [5.41, 5.74) is 1.50. The summed E-state index contributed by atoms with van der Waals surface area (Å²) in [5, 5.41) is 23.4. The van der Waals surface area contributed by atoms with E-state index in [-0.39, 0.29) is 18.3 Å². The summed E-state index contributed by atoms with van der Waals surface area (Å²) in [4.78, 5) is 10.5. The maximum Gasteiger partial charge on any atom is 0.292 e. The van der Waals surface area contributed by atoms with Crippen LogP contribution in [0.2, 0.25) is 0 Å². The van der Waals surface area contributed by atoms with Gasteiger partial charge in [-0.2, -0.15) is 0 Å². The predicted octanol–water partition coefficient (Wildman–Crippen LogP) is 2.61. The Labute approximate surface area is 117 Å². The number of benzene rings is 2. The lowest BCUT2D eigenvalue weighted by atomic mass is 10.1. The molecule has 0 aromatic heterocycles. The third kappa shape index (κ3) is 3.55. The van der Waals surface area contributed by atoms with Crippen LogP contribution in [0.5, 0.6) is 0 Å². The predicted molar refractivity (Wildman–Crippen MR) is 77.7 cm³/mol. The van der Waals surface area contributed by atoms with Crippen molar-refractivity contribution in [1.29, 1.82) is 0 Å². The Balaban J connectivity index is 2.13. The molecule has 0 aliphatic heterocycles. The highest BCUT2D eigenvalue weighted by molar-refractivity contribution is 5.61. The standard InChI is InChI=1S/C15H16N2O3/c18-11-13(10-12-6-2-1-3-7-12)16-14-8-4-5-9-15(14)17(19)20/h1-9,13,16,18H,10-11H2. The van der Waals surface area contributed by atoms with Crippen LogP contribution in [0.4, 0.5) is 11.4 Å². The zero-order chi connectivity index (χ0) is 14.4. The highest BCUT2D eigenvalue weighted by Gasteiger charge is 2.16. The molecule has 20 heavy (non-hydrogen) atoms. The smallest absolute Gasteiger partial charge is 0.292 e. The first-order valence-corrected chi connectivity index (χ1v) is 6.35. The molecule has 104 valence electrons. The molecule has 0 spiro atoms. The number of nitro groups is 1. The molecule has 0 aliphatic carbocycles. The van der Waals surface area contributed by atoms with Crippen molar-refractivity contribution in [3.63, 3.8) is 0 Å². The Hall–Kier alpha value is -2.40. The van der Waals surface area contributed by atoms with Gasteiger partial charge in [0.05, 0.1) is 17.6 Å². The summed E-state index contributed by atoms with van der Waals surface area (Å²) in [5.74, 6) is 0. The van der Waals surface area contributed by atoms with E-state index in [1.54, 1.807) is 18.2 Å². The first kappa shape index (κ1) is 14.0. The number of nitro benzene ring substituents is 1. The number of nitrogens with zero attached hydrogens (tertiary/aromatic N) is 1. The minimum absolute atomic E-state index is 0.0130. The van der Waals surface area contributed by atoms with Crippen LogP contribution in [0.15, 0.2) is 54.6 Å². The minimum atomic E-state index is -0.431. The van der Waals surface area contributed by atoms with Crippen molar-refractivity contribution in [1.82, 2.24) is 0 Å². The normalized spacial score (nSPS) is 11.8. The molecule has 0 fully saturated rings. The molecule has 0 saturated heterocycles. The highest BCUT2D eigenvalue weighted by atomic mass is 16.6. The molecule has 0 saturated carbocycles. The third-order valence-electron chi connectivity index (χ3n) is 3.01. The lowest BCUT2D eigenvalue weighted by Crippen LogP contribution is -2.26. The highest BCUT2D eigenvalue weighted by Crippen LogP contribution is 2.24. The van der Waals surface area contributed by atoms with Gasteiger partial charge >= 0.3 is 0 Å². The summed E-state index contributed by atoms with van der Waals surface area (Å²) in [6.45, 7) is -0.0963. The molecule has 0 aliphatic rings. The summed E-state index contributed by atoms with van der Waals surface area (Å²) in [7, 11) is 0. The van der Waals surface area contributed by atoms with E-state index in [1.165, 1.54) is 6.07 Å². The number of aliphatic hydroxyl groups excluding tert-OH is 1. The lowest BCUT2D eigenvalue weighted by Gasteiger charge is -2.17. The van der Waals surface area contributed by atoms with E-state index in [1.807, 2.05) is 30.3 Å². The summed E-state index contributed by atoms with van der Waals surface area (Å²) in [6, 6.07) is 15.9. The Kier molecular flexibility index (Phi) is 4.68. The van der Waals surface area contributed by atoms with Crippen molar-refractivity contribution < 1.29 is 10.0 Å². The van der Waals surface area contributed by atoms with E-state index in [2.05, 4.69) is 5.32 Å². The van der Waals surface area contributed by atoms with Crippen molar-refractivity contribution in [2.24, 2.45) is 0 Å². The molecule has 5 nitrogen and oxygen atoms in total. The molecule has 2 N–H and O–H groups in total. The zero-order valence-corrected chi connectivity index (χ0v) is 10.9. The van der Waals surface area contributed by atoms with Crippen molar-refractivity contribution in [2.45, 2.75) is 12.5 Å². The molecule has 0 bridgehead atoms. The van der Waals surface area contributed by atoms with Crippen LogP contribution in [0.25, 0.3) is 0 Å². The monoisotopic (exact) mass is 272 g/mol. The molecular weight excluding hydrogens is 256 g/mol.